The van der Waals surface area contributed by atoms with Crippen LogP contribution in [0.15, 0.2) is 53.4 Å². The van der Waals surface area contributed by atoms with E-state index < -0.39 is 0 Å². The first-order valence-corrected chi connectivity index (χ1v) is 8.93. The third-order valence-corrected chi connectivity index (χ3v) is 6.27. The lowest BCUT2D eigenvalue weighted by Crippen LogP contribution is -2.30. The van der Waals surface area contributed by atoms with Crippen LogP contribution in [0.25, 0.3) is 10.2 Å². The molecule has 0 bridgehead atoms. The van der Waals surface area contributed by atoms with E-state index in [9.17, 15) is 0 Å². The molecule has 4 rings (SSSR count). The van der Waals surface area contributed by atoms with Crippen LogP contribution in [0, 0.1) is 0 Å². The molecule has 4 heteroatoms. The van der Waals surface area contributed by atoms with Crippen molar-refractivity contribution in [2.45, 2.75) is 23.3 Å². The molecule has 1 aromatic heterocycles. The van der Waals surface area contributed by atoms with Crippen LogP contribution in [0.2, 0.25) is 0 Å². The van der Waals surface area contributed by atoms with Crippen LogP contribution in [0.4, 0.5) is 0 Å². The summed E-state index contributed by atoms with van der Waals surface area (Å²) in [5, 5.41) is 1.15. The number of nitrogens with two attached hydrogens (primary N) is 1. The standard InChI is InChI=1S/C17H16N2S2/c18-13(12-10-20-15-7-3-1-5-11(12)15)9-17-19-14-6-2-4-8-16(14)21-17/h1-8,12-13H,9-10,18H2. The largest absolute Gasteiger partial charge is 0.327 e. The van der Waals surface area contributed by atoms with Gasteiger partial charge in [0.2, 0.25) is 0 Å². The maximum absolute atomic E-state index is 6.50. The van der Waals surface area contributed by atoms with Gasteiger partial charge in [0.05, 0.1) is 15.2 Å². The second-order valence-corrected chi connectivity index (χ2v) is 7.58. The minimum atomic E-state index is 0.140. The van der Waals surface area contributed by atoms with Crippen LogP contribution in [0.5, 0.6) is 0 Å². The molecule has 2 N–H and O–H groups in total. The van der Waals surface area contributed by atoms with Gasteiger partial charge in [0.15, 0.2) is 0 Å². The SMILES string of the molecule is NC(Cc1nc2ccccc2s1)C1CSc2ccccc21. The van der Waals surface area contributed by atoms with Crippen LogP contribution >= 0.6 is 23.1 Å². The normalized spacial score (nSPS) is 18.8. The Labute approximate surface area is 132 Å². The Hall–Kier alpha value is -1.36. The van der Waals surface area contributed by atoms with Crippen LogP contribution < -0.4 is 5.73 Å². The lowest BCUT2D eigenvalue weighted by molar-refractivity contribution is 0.571. The lowest BCUT2D eigenvalue weighted by atomic mass is 9.92. The number of benzene rings is 2. The fourth-order valence-corrected chi connectivity index (χ4v) is 5.28. The Balaban J connectivity index is 1.57. The number of rotatable bonds is 3. The molecule has 0 saturated heterocycles. The Morgan fingerprint density at radius 3 is 2.86 bits per heavy atom. The van der Waals surface area contributed by atoms with Crippen LogP contribution in [0.3, 0.4) is 0 Å². The first kappa shape index (κ1) is 13.3. The maximum atomic E-state index is 6.50. The average molecular weight is 312 g/mol. The summed E-state index contributed by atoms with van der Waals surface area (Å²) < 4.78 is 1.25. The molecule has 106 valence electrons. The molecule has 0 radical (unpaired) electrons. The zero-order chi connectivity index (χ0) is 14.2. The van der Waals surface area contributed by atoms with Crippen molar-refractivity contribution < 1.29 is 0 Å². The van der Waals surface area contributed by atoms with Gasteiger partial charge in [0.25, 0.3) is 0 Å². The molecule has 2 atom stereocenters. The molecule has 1 aliphatic rings. The highest BCUT2D eigenvalue weighted by atomic mass is 32.2. The van der Waals surface area contributed by atoms with Crippen molar-refractivity contribution in [1.29, 1.82) is 0 Å². The molecule has 2 unspecified atom stereocenters. The Morgan fingerprint density at radius 2 is 1.95 bits per heavy atom. The highest BCUT2D eigenvalue weighted by Crippen LogP contribution is 2.41. The number of hydrogen-bond donors (Lipinski definition) is 1. The first-order chi connectivity index (χ1) is 10.3. The third-order valence-electron chi connectivity index (χ3n) is 4.00. The van der Waals surface area contributed by atoms with Crippen LogP contribution in [-0.2, 0) is 6.42 Å². The van der Waals surface area contributed by atoms with E-state index in [2.05, 4.69) is 42.5 Å². The zero-order valence-corrected chi connectivity index (χ0v) is 13.2. The van der Waals surface area contributed by atoms with Gasteiger partial charge < -0.3 is 5.73 Å². The summed E-state index contributed by atoms with van der Waals surface area (Å²) in [5.74, 6) is 1.53. The summed E-state index contributed by atoms with van der Waals surface area (Å²) >= 11 is 3.69. The highest BCUT2D eigenvalue weighted by molar-refractivity contribution is 7.99. The first-order valence-electron chi connectivity index (χ1n) is 7.13. The Bertz CT molecular complexity index is 748. The third kappa shape index (κ3) is 2.48. The number of para-hydroxylation sites is 1. The molecule has 2 heterocycles. The van der Waals surface area contributed by atoms with Crippen molar-refractivity contribution in [2.24, 2.45) is 5.73 Å². The van der Waals surface area contributed by atoms with E-state index in [-0.39, 0.29) is 6.04 Å². The van der Waals surface area contributed by atoms with Crippen molar-refractivity contribution >= 4 is 33.3 Å². The monoisotopic (exact) mass is 312 g/mol. The number of thiazole rings is 1. The number of thioether (sulfide) groups is 1. The molecule has 1 aliphatic heterocycles. The van der Waals surface area contributed by atoms with E-state index in [1.807, 2.05) is 17.8 Å². The Morgan fingerprint density at radius 1 is 1.14 bits per heavy atom. The molecule has 0 amide bonds. The highest BCUT2D eigenvalue weighted by Gasteiger charge is 2.28. The van der Waals surface area contributed by atoms with E-state index in [1.165, 1.54) is 15.2 Å². The van der Waals surface area contributed by atoms with E-state index in [0.29, 0.717) is 5.92 Å². The van der Waals surface area contributed by atoms with E-state index in [4.69, 9.17) is 10.7 Å². The Kier molecular flexibility index (Phi) is 3.45. The average Bonchev–Trinajstić information content (AvgIpc) is 3.10. The molecule has 0 aliphatic carbocycles. The predicted molar refractivity (Wildman–Crippen MR) is 91.2 cm³/mol. The summed E-state index contributed by atoms with van der Waals surface area (Å²) in [5.41, 5.74) is 9.00. The van der Waals surface area contributed by atoms with Gasteiger partial charge in [0, 0.05) is 29.0 Å². The predicted octanol–water partition coefficient (Wildman–Crippen LogP) is 4.06. The smallest absolute Gasteiger partial charge is 0.0954 e. The van der Waals surface area contributed by atoms with Crippen LogP contribution in [0.1, 0.15) is 16.5 Å². The van der Waals surface area contributed by atoms with Crippen molar-refractivity contribution in [1.82, 2.24) is 4.98 Å². The fraction of sp³-hybridized carbons (Fsp3) is 0.235. The van der Waals surface area contributed by atoms with E-state index in [0.717, 1.165) is 22.7 Å². The molecule has 3 aromatic rings. The summed E-state index contributed by atoms with van der Waals surface area (Å²) in [7, 11) is 0. The summed E-state index contributed by atoms with van der Waals surface area (Å²) in [6, 6.07) is 17.1. The van der Waals surface area contributed by atoms with Crippen LogP contribution in [-0.4, -0.2) is 16.8 Å². The van der Waals surface area contributed by atoms with Gasteiger partial charge in [-0.3, -0.25) is 0 Å². The quantitative estimate of drug-likeness (QED) is 0.793. The van der Waals surface area contributed by atoms with Crippen molar-refractivity contribution in [3.8, 4) is 0 Å². The molecular formula is C17H16N2S2. The summed E-state index contributed by atoms with van der Waals surface area (Å²) in [6.07, 6.45) is 0.860. The van der Waals surface area contributed by atoms with Gasteiger partial charge in [-0.25, -0.2) is 4.98 Å². The molecule has 2 aromatic carbocycles. The zero-order valence-electron chi connectivity index (χ0n) is 11.5. The van der Waals surface area contributed by atoms with Gasteiger partial charge in [-0.15, -0.1) is 23.1 Å². The minimum Gasteiger partial charge on any atom is -0.327 e. The van der Waals surface area contributed by atoms with Gasteiger partial charge in [-0.1, -0.05) is 30.3 Å². The molecular weight excluding hydrogens is 296 g/mol. The summed E-state index contributed by atoms with van der Waals surface area (Å²) in [6.45, 7) is 0. The fourth-order valence-electron chi connectivity index (χ4n) is 2.89. The van der Waals surface area contributed by atoms with Gasteiger partial charge >= 0.3 is 0 Å². The maximum Gasteiger partial charge on any atom is 0.0954 e. The minimum absolute atomic E-state index is 0.140. The van der Waals surface area contributed by atoms with Gasteiger partial charge in [-0.05, 0) is 23.8 Å². The number of aromatic nitrogens is 1. The number of nitrogens with zero attached hydrogens (tertiary/aromatic N) is 1. The molecule has 2 nitrogen and oxygen atoms in total. The number of hydrogen-bond acceptors (Lipinski definition) is 4. The van der Waals surface area contributed by atoms with Crippen molar-refractivity contribution in [3.63, 3.8) is 0 Å². The summed E-state index contributed by atoms with van der Waals surface area (Å²) in [4.78, 5) is 6.10. The van der Waals surface area contributed by atoms with Crippen molar-refractivity contribution in [3.05, 3.63) is 59.1 Å². The molecule has 21 heavy (non-hydrogen) atoms. The number of fused-ring (bicyclic) bond motifs is 2. The van der Waals surface area contributed by atoms with Crippen molar-refractivity contribution in [2.75, 3.05) is 5.75 Å². The second kappa shape index (κ2) is 5.44. The van der Waals surface area contributed by atoms with Gasteiger partial charge in [0.1, 0.15) is 0 Å². The topological polar surface area (TPSA) is 38.9 Å². The molecule has 0 saturated carbocycles. The molecule has 0 spiro atoms. The second-order valence-electron chi connectivity index (χ2n) is 5.40. The lowest BCUT2D eigenvalue weighted by Gasteiger charge is -2.18. The van der Waals surface area contributed by atoms with Gasteiger partial charge in [-0.2, -0.15) is 0 Å². The molecule has 0 fully saturated rings. The van der Waals surface area contributed by atoms with E-state index in [1.54, 1.807) is 11.3 Å². The van der Waals surface area contributed by atoms with E-state index >= 15 is 0 Å².